The summed E-state index contributed by atoms with van der Waals surface area (Å²) in [4.78, 5) is 24.8. The molecule has 0 spiro atoms. The third-order valence-corrected chi connectivity index (χ3v) is 9.12. The van der Waals surface area contributed by atoms with Gasteiger partial charge in [0.25, 0.3) is 0 Å². The monoisotopic (exact) mass is 727 g/mol. The van der Waals surface area contributed by atoms with Crippen LogP contribution in [0.3, 0.4) is 0 Å². The molecule has 0 saturated carbocycles. The van der Waals surface area contributed by atoms with Crippen molar-refractivity contribution in [2.75, 3.05) is 39.6 Å². The van der Waals surface area contributed by atoms with Gasteiger partial charge in [0.1, 0.15) is 24.7 Å². The minimum absolute atomic E-state index is 0.211. The second-order valence-electron chi connectivity index (χ2n) is 18.2. The van der Waals surface area contributed by atoms with Crippen molar-refractivity contribution in [3.8, 4) is 11.5 Å². The number of hydrogen-bond acceptors (Lipinski definition) is 8. The van der Waals surface area contributed by atoms with Crippen LogP contribution in [0.25, 0.3) is 0 Å². The normalized spacial score (nSPS) is 12.6. The molecular weight excluding hydrogens is 656 g/mol. The number of rotatable bonds is 19. The van der Waals surface area contributed by atoms with Crippen molar-refractivity contribution in [1.82, 2.24) is 0 Å². The van der Waals surface area contributed by atoms with Crippen LogP contribution in [0.1, 0.15) is 155 Å². The van der Waals surface area contributed by atoms with Crippen LogP contribution in [0.15, 0.2) is 24.3 Å². The van der Waals surface area contributed by atoms with Crippen molar-refractivity contribution in [2.45, 2.75) is 156 Å². The van der Waals surface area contributed by atoms with Crippen LogP contribution in [-0.2, 0) is 63.0 Å². The van der Waals surface area contributed by atoms with Gasteiger partial charge in [0.05, 0.1) is 13.2 Å². The topological polar surface area (TPSA) is 112 Å². The Hall–Kier alpha value is -3.10. The highest BCUT2D eigenvalue weighted by Gasteiger charge is 2.28. The van der Waals surface area contributed by atoms with Gasteiger partial charge in [-0.2, -0.15) is 0 Å². The number of unbranched alkanes of at least 4 members (excludes halogenated alkanes) is 3. The summed E-state index contributed by atoms with van der Waals surface area (Å²) in [5.74, 6) is 0.187. The third-order valence-electron chi connectivity index (χ3n) is 9.12. The highest BCUT2D eigenvalue weighted by atomic mass is 16.6. The molecule has 294 valence electrons. The van der Waals surface area contributed by atoms with E-state index in [9.17, 15) is 19.8 Å². The molecule has 2 N–H and O–H groups in total. The molecule has 0 aliphatic rings. The number of hydrogen-bond donors (Lipinski definition) is 2. The zero-order valence-corrected chi connectivity index (χ0v) is 34.6. The molecule has 2 rings (SSSR count). The van der Waals surface area contributed by atoms with Crippen molar-refractivity contribution in [3.05, 3.63) is 57.6 Å². The van der Waals surface area contributed by atoms with Crippen LogP contribution in [0.4, 0.5) is 0 Å². The van der Waals surface area contributed by atoms with Gasteiger partial charge in [-0.15, -0.1) is 0 Å². The lowest BCUT2D eigenvalue weighted by molar-refractivity contribution is -0.146. The molecule has 8 heteroatoms. The Morgan fingerprint density at radius 1 is 0.462 bits per heavy atom. The van der Waals surface area contributed by atoms with Crippen LogP contribution in [0.2, 0.25) is 0 Å². The number of phenols is 2. The summed E-state index contributed by atoms with van der Waals surface area (Å²) in [7, 11) is 0. The van der Waals surface area contributed by atoms with Crippen molar-refractivity contribution in [3.63, 3.8) is 0 Å². The molecule has 0 fully saturated rings. The van der Waals surface area contributed by atoms with E-state index in [2.05, 4.69) is 83.1 Å². The van der Waals surface area contributed by atoms with Crippen LogP contribution < -0.4 is 0 Å². The van der Waals surface area contributed by atoms with Crippen molar-refractivity contribution >= 4 is 11.9 Å². The quantitative estimate of drug-likeness (QED) is 0.109. The number of carbonyl (C=O) groups is 2. The maximum atomic E-state index is 12.4. The lowest BCUT2D eigenvalue weighted by Crippen LogP contribution is -2.18. The summed E-state index contributed by atoms with van der Waals surface area (Å²) in [5.41, 5.74) is 4.78. The molecule has 0 saturated heterocycles. The van der Waals surface area contributed by atoms with Gasteiger partial charge in [-0.25, -0.2) is 0 Å². The summed E-state index contributed by atoms with van der Waals surface area (Å²) in [6.07, 6.45) is 5.55. The molecule has 0 amide bonds. The van der Waals surface area contributed by atoms with E-state index in [1.807, 2.05) is 24.3 Å². The number of aromatic hydroxyl groups is 2. The molecule has 0 bridgehead atoms. The second-order valence-corrected chi connectivity index (χ2v) is 18.2. The average molecular weight is 727 g/mol. The van der Waals surface area contributed by atoms with Gasteiger partial charge in [0, 0.05) is 26.1 Å². The Bertz CT molecular complexity index is 1250. The van der Waals surface area contributed by atoms with E-state index in [0.29, 0.717) is 50.8 Å². The molecule has 0 atom stereocenters. The van der Waals surface area contributed by atoms with Gasteiger partial charge >= 0.3 is 11.9 Å². The first-order chi connectivity index (χ1) is 24.0. The van der Waals surface area contributed by atoms with E-state index in [-0.39, 0.29) is 59.7 Å². The molecule has 0 unspecified atom stereocenters. The van der Waals surface area contributed by atoms with E-state index in [0.717, 1.165) is 59.1 Å². The van der Waals surface area contributed by atoms with E-state index < -0.39 is 0 Å². The highest BCUT2D eigenvalue weighted by Crippen LogP contribution is 2.41. The maximum Gasteiger partial charge on any atom is 0.306 e. The molecule has 52 heavy (non-hydrogen) atoms. The Morgan fingerprint density at radius 2 is 0.750 bits per heavy atom. The number of aryl methyl sites for hydroxylation is 2. The molecular formula is C44H70O8. The molecule has 0 aliphatic heterocycles. The fourth-order valence-electron chi connectivity index (χ4n) is 6.00. The molecule has 0 aliphatic carbocycles. The van der Waals surface area contributed by atoms with Crippen molar-refractivity contribution in [2.24, 2.45) is 0 Å². The Balaban J connectivity index is 1.53. The van der Waals surface area contributed by atoms with E-state index in [4.69, 9.17) is 18.9 Å². The van der Waals surface area contributed by atoms with E-state index >= 15 is 0 Å². The predicted octanol–water partition coefficient (Wildman–Crippen LogP) is 9.53. The Labute approximate surface area is 315 Å². The smallest absolute Gasteiger partial charge is 0.306 e. The summed E-state index contributed by atoms with van der Waals surface area (Å²) >= 11 is 0. The van der Waals surface area contributed by atoms with E-state index in [1.54, 1.807) is 0 Å². The molecule has 2 aromatic carbocycles. The first-order valence-electron chi connectivity index (χ1n) is 19.2. The van der Waals surface area contributed by atoms with Gasteiger partial charge in [-0.1, -0.05) is 120 Å². The standard InChI is InChI=1S/C44H70O8/c1-41(2,3)33-27-31(28-34(39(33)47)42(4,5)6)17-19-37(45)51-25-23-49-21-15-13-14-16-22-50-24-26-52-38(46)20-18-32-29-35(43(7,8)9)40(48)36(30-32)44(10,11)12/h27-30,47-48H,13-26H2,1-12H3. The Morgan fingerprint density at radius 3 is 1.02 bits per heavy atom. The zero-order chi connectivity index (χ0) is 39.3. The Kier molecular flexibility index (Phi) is 17.2. The van der Waals surface area contributed by atoms with Crippen LogP contribution >= 0.6 is 0 Å². The molecule has 0 heterocycles. The zero-order valence-electron chi connectivity index (χ0n) is 34.6. The van der Waals surface area contributed by atoms with Crippen molar-refractivity contribution < 1.29 is 38.7 Å². The van der Waals surface area contributed by atoms with Gasteiger partial charge in [0.15, 0.2) is 0 Å². The minimum Gasteiger partial charge on any atom is -0.507 e. The number of carbonyl (C=O) groups excluding carboxylic acids is 2. The summed E-state index contributed by atoms with van der Waals surface area (Å²) in [6, 6.07) is 8.04. The first-order valence-corrected chi connectivity index (χ1v) is 19.2. The first kappa shape index (κ1) is 45.1. The lowest BCUT2D eigenvalue weighted by atomic mass is 9.78. The van der Waals surface area contributed by atoms with Gasteiger partial charge in [0.2, 0.25) is 0 Å². The lowest BCUT2D eigenvalue weighted by Gasteiger charge is -2.28. The highest BCUT2D eigenvalue weighted by molar-refractivity contribution is 5.70. The number of benzene rings is 2. The predicted molar refractivity (Wildman–Crippen MR) is 210 cm³/mol. The largest absolute Gasteiger partial charge is 0.507 e. The molecule has 8 nitrogen and oxygen atoms in total. The second kappa shape index (κ2) is 19.8. The van der Waals surface area contributed by atoms with Crippen molar-refractivity contribution in [1.29, 1.82) is 0 Å². The SMILES string of the molecule is CC(C)(C)c1cc(CCC(=O)OCCOCCCCCCOCCOC(=O)CCc2cc(C(C)(C)C)c(O)c(C(C)(C)C)c2)cc(C(C)(C)C)c1O. The van der Waals surface area contributed by atoms with Gasteiger partial charge < -0.3 is 29.2 Å². The van der Waals surface area contributed by atoms with Crippen LogP contribution in [0, 0.1) is 0 Å². The maximum absolute atomic E-state index is 12.4. The fourth-order valence-corrected chi connectivity index (χ4v) is 6.00. The number of phenolic OH excluding ortho intramolecular Hbond substituents is 2. The van der Waals surface area contributed by atoms with Gasteiger partial charge in [-0.05, 0) is 80.7 Å². The number of ether oxygens (including phenoxy) is 4. The number of esters is 2. The van der Waals surface area contributed by atoms with Gasteiger partial charge in [-0.3, -0.25) is 9.59 Å². The average Bonchev–Trinajstić information content (AvgIpc) is 3.01. The summed E-state index contributed by atoms with van der Waals surface area (Å²) < 4.78 is 22.1. The van der Waals surface area contributed by atoms with Crippen LogP contribution in [0.5, 0.6) is 11.5 Å². The summed E-state index contributed by atoms with van der Waals surface area (Å²) in [5, 5.41) is 21.8. The molecule has 0 radical (unpaired) electrons. The van der Waals surface area contributed by atoms with E-state index in [1.165, 1.54) is 0 Å². The summed E-state index contributed by atoms with van der Waals surface area (Å²) in [6.45, 7) is 27.4. The third kappa shape index (κ3) is 15.5. The van der Waals surface area contributed by atoms with Crippen LogP contribution in [-0.4, -0.2) is 61.8 Å². The minimum atomic E-state index is -0.250. The molecule has 0 aromatic heterocycles. The fraction of sp³-hybridized carbons (Fsp3) is 0.682. The molecule has 2 aromatic rings.